The van der Waals surface area contributed by atoms with Crippen molar-refractivity contribution in [2.45, 2.75) is 12.6 Å². The second-order valence-corrected chi connectivity index (χ2v) is 8.55. The van der Waals surface area contributed by atoms with Crippen LogP contribution in [-0.4, -0.2) is 16.1 Å². The predicted molar refractivity (Wildman–Crippen MR) is 138 cm³/mol. The predicted octanol–water partition coefficient (Wildman–Crippen LogP) is 6.26. The van der Waals surface area contributed by atoms with Gasteiger partial charge in [0.1, 0.15) is 12.4 Å². The molecule has 7 nitrogen and oxygen atoms in total. The van der Waals surface area contributed by atoms with E-state index in [-0.39, 0.29) is 6.61 Å². The van der Waals surface area contributed by atoms with E-state index in [0.717, 1.165) is 16.7 Å². The van der Waals surface area contributed by atoms with Crippen molar-refractivity contribution in [2.24, 2.45) is 0 Å². The van der Waals surface area contributed by atoms with E-state index in [4.69, 9.17) is 20.8 Å². The SMILES string of the molecule is O=C(O)[C@@H](Nc1ccc2oc(=O)[nH]c2c1)c1ccccc1OCc1cc(-c2ccccc2)ccc1Cl. The average molecular weight is 501 g/mol. The summed E-state index contributed by atoms with van der Waals surface area (Å²) in [5, 5.41) is 13.6. The number of aromatic nitrogens is 1. The number of rotatable bonds is 8. The summed E-state index contributed by atoms with van der Waals surface area (Å²) in [6, 6.07) is 26.4. The van der Waals surface area contributed by atoms with Gasteiger partial charge >= 0.3 is 11.7 Å². The highest BCUT2D eigenvalue weighted by molar-refractivity contribution is 6.31. The molecule has 180 valence electrons. The average Bonchev–Trinajstić information content (AvgIpc) is 3.26. The Labute approximate surface area is 210 Å². The zero-order valence-corrected chi connectivity index (χ0v) is 19.7. The second kappa shape index (κ2) is 10.0. The molecule has 0 aliphatic rings. The summed E-state index contributed by atoms with van der Waals surface area (Å²) in [5.41, 5.74) is 4.64. The van der Waals surface area contributed by atoms with E-state index in [9.17, 15) is 14.7 Å². The number of fused-ring (bicyclic) bond motifs is 1. The molecule has 5 aromatic rings. The van der Waals surface area contributed by atoms with Gasteiger partial charge in [-0.15, -0.1) is 0 Å². The zero-order valence-electron chi connectivity index (χ0n) is 18.9. The lowest BCUT2D eigenvalue weighted by Gasteiger charge is -2.20. The molecule has 3 N–H and O–H groups in total. The Balaban J connectivity index is 1.40. The summed E-state index contributed by atoms with van der Waals surface area (Å²) in [7, 11) is 0. The van der Waals surface area contributed by atoms with Crippen LogP contribution in [0.3, 0.4) is 0 Å². The first kappa shape index (κ1) is 23.3. The van der Waals surface area contributed by atoms with Gasteiger partial charge in [-0.2, -0.15) is 0 Å². The minimum absolute atomic E-state index is 0.158. The van der Waals surface area contributed by atoms with Gasteiger partial charge in [-0.1, -0.05) is 66.2 Å². The Morgan fingerprint density at radius 1 is 0.972 bits per heavy atom. The summed E-state index contributed by atoms with van der Waals surface area (Å²) in [5.74, 6) is -1.25. The van der Waals surface area contributed by atoms with Crippen LogP contribution in [0.2, 0.25) is 5.02 Å². The lowest BCUT2D eigenvalue weighted by atomic mass is 10.0. The fourth-order valence-electron chi connectivity index (χ4n) is 3.98. The Bertz CT molecular complexity index is 1590. The van der Waals surface area contributed by atoms with Crippen molar-refractivity contribution in [2.75, 3.05) is 5.32 Å². The van der Waals surface area contributed by atoms with Crippen LogP contribution in [0, 0.1) is 0 Å². The third kappa shape index (κ3) is 4.96. The van der Waals surface area contributed by atoms with Gasteiger partial charge in [0.2, 0.25) is 0 Å². The first-order chi connectivity index (χ1) is 17.5. The number of aliphatic carboxylic acids is 1. The Morgan fingerprint density at radius 3 is 2.56 bits per heavy atom. The van der Waals surface area contributed by atoms with Gasteiger partial charge in [0.15, 0.2) is 11.6 Å². The van der Waals surface area contributed by atoms with Crippen LogP contribution in [0.1, 0.15) is 17.2 Å². The molecule has 0 aliphatic carbocycles. The molecule has 1 aromatic heterocycles. The monoisotopic (exact) mass is 500 g/mol. The number of para-hydroxylation sites is 1. The number of carboxylic acid groups (broad SMARTS) is 1. The van der Waals surface area contributed by atoms with Gasteiger partial charge in [-0.3, -0.25) is 4.98 Å². The maximum Gasteiger partial charge on any atom is 0.417 e. The smallest absolute Gasteiger partial charge is 0.417 e. The van der Waals surface area contributed by atoms with E-state index in [0.29, 0.717) is 33.1 Å². The summed E-state index contributed by atoms with van der Waals surface area (Å²) in [6.45, 7) is 0.158. The number of oxazole rings is 1. The van der Waals surface area contributed by atoms with Crippen molar-refractivity contribution in [3.63, 3.8) is 0 Å². The van der Waals surface area contributed by atoms with Crippen molar-refractivity contribution in [3.8, 4) is 16.9 Å². The molecule has 0 fully saturated rings. The van der Waals surface area contributed by atoms with Crippen molar-refractivity contribution in [1.29, 1.82) is 0 Å². The van der Waals surface area contributed by atoms with Crippen molar-refractivity contribution in [1.82, 2.24) is 4.98 Å². The van der Waals surface area contributed by atoms with E-state index in [1.165, 1.54) is 0 Å². The molecule has 0 bridgehead atoms. The van der Waals surface area contributed by atoms with Crippen LogP contribution in [0.5, 0.6) is 5.75 Å². The van der Waals surface area contributed by atoms with E-state index < -0.39 is 17.8 Å². The number of hydrogen-bond acceptors (Lipinski definition) is 5. The Morgan fingerprint density at radius 2 is 1.75 bits per heavy atom. The minimum atomic E-state index is -1.11. The van der Waals surface area contributed by atoms with Crippen LogP contribution in [0.4, 0.5) is 5.69 Å². The Kier molecular flexibility index (Phi) is 6.47. The molecule has 0 amide bonds. The van der Waals surface area contributed by atoms with Crippen LogP contribution in [0.15, 0.2) is 100 Å². The van der Waals surface area contributed by atoms with Crippen LogP contribution in [-0.2, 0) is 11.4 Å². The van der Waals surface area contributed by atoms with Crippen LogP contribution < -0.4 is 15.8 Å². The highest BCUT2D eigenvalue weighted by Crippen LogP contribution is 2.31. The van der Waals surface area contributed by atoms with E-state index in [1.807, 2.05) is 48.5 Å². The van der Waals surface area contributed by atoms with Gasteiger partial charge in [0.05, 0.1) is 5.52 Å². The molecule has 0 aliphatic heterocycles. The molecule has 1 heterocycles. The lowest BCUT2D eigenvalue weighted by Crippen LogP contribution is -2.21. The third-order valence-electron chi connectivity index (χ3n) is 5.74. The third-order valence-corrected chi connectivity index (χ3v) is 6.11. The number of hydrogen-bond donors (Lipinski definition) is 3. The van der Waals surface area contributed by atoms with Gasteiger partial charge in [-0.05, 0) is 47.5 Å². The molecular formula is C28H21ClN2O5. The first-order valence-corrected chi connectivity index (χ1v) is 11.5. The van der Waals surface area contributed by atoms with Crippen LogP contribution in [0.25, 0.3) is 22.2 Å². The fourth-order valence-corrected chi connectivity index (χ4v) is 4.15. The maximum absolute atomic E-state index is 12.2. The fraction of sp³-hybridized carbons (Fsp3) is 0.0714. The molecule has 0 radical (unpaired) electrons. The van der Waals surface area contributed by atoms with E-state index in [2.05, 4.69) is 10.3 Å². The molecule has 8 heteroatoms. The normalized spacial score (nSPS) is 11.8. The summed E-state index contributed by atoms with van der Waals surface area (Å²) in [4.78, 5) is 26.3. The molecule has 1 atom stereocenters. The molecule has 36 heavy (non-hydrogen) atoms. The van der Waals surface area contributed by atoms with Gasteiger partial charge in [0, 0.05) is 21.8 Å². The van der Waals surface area contributed by atoms with E-state index in [1.54, 1.807) is 42.5 Å². The van der Waals surface area contributed by atoms with Crippen molar-refractivity contribution >= 4 is 34.4 Å². The number of nitrogens with one attached hydrogen (secondary N) is 2. The van der Waals surface area contributed by atoms with Crippen molar-refractivity contribution in [3.05, 3.63) is 118 Å². The first-order valence-electron chi connectivity index (χ1n) is 11.2. The number of anilines is 1. The minimum Gasteiger partial charge on any atom is -0.488 e. The molecule has 5 rings (SSSR count). The van der Waals surface area contributed by atoms with Crippen molar-refractivity contribution < 1.29 is 19.1 Å². The molecule has 0 saturated heterocycles. The van der Waals surface area contributed by atoms with Crippen LogP contribution >= 0.6 is 11.6 Å². The summed E-state index contributed by atoms with van der Waals surface area (Å²) >= 11 is 6.44. The van der Waals surface area contributed by atoms with Gasteiger partial charge in [-0.25, -0.2) is 9.59 Å². The quantitative estimate of drug-likeness (QED) is 0.232. The number of carboxylic acids is 1. The lowest BCUT2D eigenvalue weighted by molar-refractivity contribution is -0.138. The number of H-pyrrole nitrogens is 1. The molecule has 4 aromatic carbocycles. The molecule has 0 saturated carbocycles. The zero-order chi connectivity index (χ0) is 25.1. The molecular weight excluding hydrogens is 480 g/mol. The number of benzene rings is 4. The Hall–Kier alpha value is -4.49. The summed E-state index contributed by atoms with van der Waals surface area (Å²) < 4.78 is 11.1. The maximum atomic E-state index is 12.2. The summed E-state index contributed by atoms with van der Waals surface area (Å²) in [6.07, 6.45) is 0. The topological polar surface area (TPSA) is 105 Å². The second-order valence-electron chi connectivity index (χ2n) is 8.14. The largest absolute Gasteiger partial charge is 0.488 e. The molecule has 0 unspecified atom stereocenters. The van der Waals surface area contributed by atoms with Gasteiger partial charge in [0.25, 0.3) is 0 Å². The highest BCUT2D eigenvalue weighted by atomic mass is 35.5. The van der Waals surface area contributed by atoms with Gasteiger partial charge < -0.3 is 19.6 Å². The number of aromatic amines is 1. The number of ether oxygens (including phenoxy) is 1. The number of halogens is 1. The molecule has 0 spiro atoms. The number of carbonyl (C=O) groups is 1. The highest BCUT2D eigenvalue weighted by Gasteiger charge is 2.24. The standard InChI is InChI=1S/C28H21ClN2O5/c29-22-12-10-18(17-6-2-1-3-7-17)14-19(22)16-35-24-9-5-4-8-21(24)26(27(32)33)30-20-11-13-25-23(15-20)31-28(34)36-25/h1-15,26,30H,16H2,(H,31,34)(H,32,33)/t26-/m0/s1. The van der Waals surface area contributed by atoms with E-state index >= 15 is 0 Å².